The van der Waals surface area contributed by atoms with E-state index >= 15 is 0 Å². The zero-order valence-electron chi connectivity index (χ0n) is 15.6. The van der Waals surface area contributed by atoms with Crippen molar-refractivity contribution < 1.29 is 4.79 Å². The molecule has 0 saturated heterocycles. The molecule has 1 amide bonds. The molecule has 0 bridgehead atoms. The standard InChI is InChI=1S/C23H18N4O2/c1-2-13-27-23(29)20-8-4-3-7-19(20)21(25-27)16-24-22(28)17-9-11-18(12-10-17)26-14-5-6-15-26/h1,3-12,14-15H,13,16H2,(H,24,28). The first-order valence-corrected chi connectivity index (χ1v) is 9.11. The van der Waals surface area contributed by atoms with E-state index < -0.39 is 0 Å². The SMILES string of the molecule is C#CCn1nc(CNC(=O)c2ccc(-n3cccc3)cc2)c2ccccc2c1=O. The summed E-state index contributed by atoms with van der Waals surface area (Å²) in [6.07, 6.45) is 9.23. The van der Waals surface area contributed by atoms with Gasteiger partial charge in [0.1, 0.15) is 6.54 Å². The van der Waals surface area contributed by atoms with Crippen LogP contribution in [-0.2, 0) is 13.1 Å². The zero-order chi connectivity index (χ0) is 20.2. The van der Waals surface area contributed by atoms with Crippen LogP contribution in [-0.4, -0.2) is 20.3 Å². The largest absolute Gasteiger partial charge is 0.346 e. The average Bonchev–Trinajstić information content (AvgIpc) is 3.30. The van der Waals surface area contributed by atoms with Crippen LogP contribution in [0.1, 0.15) is 16.1 Å². The molecular weight excluding hydrogens is 364 g/mol. The Morgan fingerprint density at radius 1 is 1.00 bits per heavy atom. The number of nitrogens with one attached hydrogen (secondary N) is 1. The summed E-state index contributed by atoms with van der Waals surface area (Å²) in [5.74, 6) is 2.22. The van der Waals surface area contributed by atoms with Gasteiger partial charge in [-0.15, -0.1) is 6.42 Å². The number of amides is 1. The van der Waals surface area contributed by atoms with E-state index in [9.17, 15) is 9.59 Å². The van der Waals surface area contributed by atoms with Crippen LogP contribution in [0.25, 0.3) is 16.5 Å². The van der Waals surface area contributed by atoms with E-state index in [-0.39, 0.29) is 24.6 Å². The summed E-state index contributed by atoms with van der Waals surface area (Å²) in [4.78, 5) is 25.1. The number of carbonyl (C=O) groups is 1. The van der Waals surface area contributed by atoms with Crippen LogP contribution in [0, 0.1) is 12.3 Å². The fraction of sp³-hybridized carbons (Fsp3) is 0.0870. The van der Waals surface area contributed by atoms with Crippen molar-refractivity contribution in [3.05, 3.63) is 94.7 Å². The molecule has 0 unspecified atom stereocenters. The van der Waals surface area contributed by atoms with E-state index in [0.717, 1.165) is 5.69 Å². The molecule has 1 N–H and O–H groups in total. The minimum atomic E-state index is -0.241. The fourth-order valence-corrected chi connectivity index (χ4v) is 3.19. The van der Waals surface area contributed by atoms with Gasteiger partial charge in [0.2, 0.25) is 0 Å². The van der Waals surface area contributed by atoms with Crippen molar-refractivity contribution in [3.8, 4) is 18.0 Å². The van der Waals surface area contributed by atoms with Gasteiger partial charge in [0.25, 0.3) is 11.5 Å². The smallest absolute Gasteiger partial charge is 0.275 e. The highest BCUT2D eigenvalue weighted by Crippen LogP contribution is 2.14. The van der Waals surface area contributed by atoms with Crippen LogP contribution in [0.15, 0.2) is 77.9 Å². The third-order valence-corrected chi connectivity index (χ3v) is 4.63. The van der Waals surface area contributed by atoms with Crippen LogP contribution in [0.2, 0.25) is 0 Å². The number of fused-ring (bicyclic) bond motifs is 1. The van der Waals surface area contributed by atoms with Gasteiger partial charge >= 0.3 is 0 Å². The van der Waals surface area contributed by atoms with E-state index in [1.165, 1.54) is 4.68 Å². The van der Waals surface area contributed by atoms with Crippen molar-refractivity contribution in [3.63, 3.8) is 0 Å². The molecule has 0 fully saturated rings. The van der Waals surface area contributed by atoms with Gasteiger partial charge in [0.05, 0.1) is 17.6 Å². The van der Waals surface area contributed by atoms with Gasteiger partial charge in [-0.05, 0) is 42.5 Å². The second-order valence-corrected chi connectivity index (χ2v) is 6.48. The quantitative estimate of drug-likeness (QED) is 0.540. The van der Waals surface area contributed by atoms with Gasteiger partial charge in [-0.1, -0.05) is 24.1 Å². The number of benzene rings is 2. The van der Waals surface area contributed by atoms with Crippen molar-refractivity contribution in [2.45, 2.75) is 13.1 Å². The maximum Gasteiger partial charge on any atom is 0.275 e. The van der Waals surface area contributed by atoms with Crippen LogP contribution < -0.4 is 10.9 Å². The molecule has 6 nitrogen and oxygen atoms in total. The van der Waals surface area contributed by atoms with Gasteiger partial charge in [-0.3, -0.25) is 9.59 Å². The van der Waals surface area contributed by atoms with Crippen molar-refractivity contribution in [2.24, 2.45) is 0 Å². The fourth-order valence-electron chi connectivity index (χ4n) is 3.19. The molecule has 0 aliphatic heterocycles. The molecule has 6 heteroatoms. The summed E-state index contributed by atoms with van der Waals surface area (Å²) < 4.78 is 3.21. The third kappa shape index (κ3) is 3.66. The first-order chi connectivity index (χ1) is 14.2. The minimum Gasteiger partial charge on any atom is -0.346 e. The number of hydrogen-bond acceptors (Lipinski definition) is 3. The lowest BCUT2D eigenvalue weighted by Crippen LogP contribution is -2.28. The number of carbonyl (C=O) groups excluding carboxylic acids is 1. The molecule has 0 spiro atoms. The van der Waals surface area contributed by atoms with Gasteiger partial charge in [0.15, 0.2) is 0 Å². The highest BCUT2D eigenvalue weighted by Gasteiger charge is 2.12. The summed E-state index contributed by atoms with van der Waals surface area (Å²) in [6, 6.07) is 18.4. The zero-order valence-corrected chi connectivity index (χ0v) is 15.6. The third-order valence-electron chi connectivity index (χ3n) is 4.63. The molecule has 0 saturated carbocycles. The van der Waals surface area contributed by atoms with Crippen molar-refractivity contribution in [1.29, 1.82) is 0 Å². The summed E-state index contributed by atoms with van der Waals surface area (Å²) in [5.41, 5.74) is 1.87. The van der Waals surface area contributed by atoms with Gasteiger partial charge < -0.3 is 9.88 Å². The normalized spacial score (nSPS) is 10.6. The molecule has 29 heavy (non-hydrogen) atoms. The van der Waals surface area contributed by atoms with Gasteiger partial charge in [0, 0.05) is 29.0 Å². The van der Waals surface area contributed by atoms with Crippen LogP contribution >= 0.6 is 0 Å². The van der Waals surface area contributed by atoms with Gasteiger partial charge in [-0.25, -0.2) is 4.68 Å². The Balaban J connectivity index is 1.56. The van der Waals surface area contributed by atoms with Gasteiger partial charge in [-0.2, -0.15) is 5.10 Å². The number of rotatable bonds is 5. The molecule has 0 aliphatic rings. The van der Waals surface area contributed by atoms with Crippen molar-refractivity contribution in [2.75, 3.05) is 0 Å². The van der Waals surface area contributed by atoms with E-state index in [0.29, 0.717) is 22.0 Å². The van der Waals surface area contributed by atoms with Crippen molar-refractivity contribution in [1.82, 2.24) is 19.7 Å². The molecule has 0 atom stereocenters. The minimum absolute atomic E-state index is 0.0749. The monoisotopic (exact) mass is 382 g/mol. The Morgan fingerprint density at radius 2 is 1.69 bits per heavy atom. The predicted molar refractivity (Wildman–Crippen MR) is 112 cm³/mol. The Labute approximate surface area is 167 Å². The average molecular weight is 382 g/mol. The summed E-state index contributed by atoms with van der Waals surface area (Å²) in [5, 5.41) is 8.45. The first kappa shape index (κ1) is 18.3. The predicted octanol–water partition coefficient (Wildman–Crippen LogP) is 2.75. The molecule has 2 aromatic heterocycles. The van der Waals surface area contributed by atoms with Crippen LogP contribution in [0.4, 0.5) is 0 Å². The molecule has 2 heterocycles. The molecule has 2 aromatic carbocycles. The van der Waals surface area contributed by atoms with E-state index in [2.05, 4.69) is 16.3 Å². The lowest BCUT2D eigenvalue weighted by Gasteiger charge is -2.11. The lowest BCUT2D eigenvalue weighted by atomic mass is 10.1. The molecule has 4 rings (SSSR count). The Kier molecular flexibility index (Phi) is 4.95. The number of nitrogens with zero attached hydrogens (tertiary/aromatic N) is 3. The molecule has 0 radical (unpaired) electrons. The maximum absolute atomic E-state index is 12.6. The second kappa shape index (κ2) is 7.87. The summed E-state index contributed by atoms with van der Waals surface area (Å²) >= 11 is 0. The number of aromatic nitrogens is 3. The first-order valence-electron chi connectivity index (χ1n) is 9.11. The summed E-state index contributed by atoms with van der Waals surface area (Å²) in [7, 11) is 0. The molecule has 4 aromatic rings. The number of terminal acetylenes is 1. The van der Waals surface area contributed by atoms with Crippen molar-refractivity contribution >= 4 is 16.7 Å². The van der Waals surface area contributed by atoms with Crippen LogP contribution in [0.5, 0.6) is 0 Å². The van der Waals surface area contributed by atoms with Crippen LogP contribution in [0.3, 0.4) is 0 Å². The lowest BCUT2D eigenvalue weighted by molar-refractivity contribution is 0.0950. The summed E-state index contributed by atoms with van der Waals surface area (Å²) in [6.45, 7) is 0.259. The highest BCUT2D eigenvalue weighted by atomic mass is 16.1. The maximum atomic E-state index is 12.6. The second-order valence-electron chi connectivity index (χ2n) is 6.48. The topological polar surface area (TPSA) is 68.9 Å². The Hall–Kier alpha value is -4.11. The molecular formula is C23H18N4O2. The van der Waals surface area contributed by atoms with E-state index in [4.69, 9.17) is 6.42 Å². The molecule has 0 aliphatic carbocycles. The van der Waals surface area contributed by atoms with E-state index in [1.54, 1.807) is 24.3 Å². The molecule has 142 valence electrons. The Bertz CT molecular complexity index is 1260. The Morgan fingerprint density at radius 3 is 2.38 bits per heavy atom. The highest BCUT2D eigenvalue weighted by molar-refractivity contribution is 5.94. The number of hydrogen-bond donors (Lipinski definition) is 1. The van der Waals surface area contributed by atoms with E-state index in [1.807, 2.05) is 53.4 Å².